The molecule has 0 aromatic heterocycles. The van der Waals surface area contributed by atoms with E-state index in [9.17, 15) is 0 Å². The number of allylic oxidation sites excluding steroid dienone is 1. The van der Waals surface area contributed by atoms with Crippen LogP contribution in [0.15, 0.2) is 11.6 Å². The molecule has 0 aliphatic heterocycles. The van der Waals surface area contributed by atoms with Crippen LogP contribution in [0, 0.1) is 0 Å². The number of aliphatic hydroxyl groups excluding tert-OH is 2. The molecule has 4 heteroatoms. The third-order valence-electron chi connectivity index (χ3n) is 1.33. The van der Waals surface area contributed by atoms with Gasteiger partial charge < -0.3 is 16.4 Å². The Bertz CT molecular complexity index is 118. The van der Waals surface area contributed by atoms with Gasteiger partial charge in [0.2, 0.25) is 0 Å². The van der Waals surface area contributed by atoms with Crippen molar-refractivity contribution in [2.75, 3.05) is 13.2 Å². The molecule has 0 aliphatic rings. The normalized spacial score (nSPS) is 11.7. The average Bonchev–Trinajstić information content (AvgIpc) is 1.87. The molecule has 0 saturated carbocycles. The van der Waals surface area contributed by atoms with Crippen LogP contribution in [0.4, 0.5) is 0 Å². The van der Waals surface area contributed by atoms with Crippen molar-refractivity contribution >= 4 is 11.6 Å². The molecule has 5 N–H and O–H groups in total. The second kappa shape index (κ2) is 9.00. The summed E-state index contributed by atoms with van der Waals surface area (Å²) < 4.78 is 0. The molecule has 0 amide bonds. The van der Waals surface area contributed by atoms with Crippen LogP contribution in [-0.2, 0) is 0 Å². The largest absolute Gasteiger partial charge is 0.396 e. The minimum atomic E-state index is -0.0249. The minimum Gasteiger partial charge on any atom is -0.396 e. The van der Waals surface area contributed by atoms with Crippen molar-refractivity contribution in [1.82, 2.24) is 6.15 Å². The maximum Gasteiger partial charge on any atom is 0.0490 e. The Morgan fingerprint density at radius 1 is 1.33 bits per heavy atom. The third-order valence-corrected chi connectivity index (χ3v) is 1.46. The zero-order valence-corrected chi connectivity index (χ0v) is 8.22. The molecule has 74 valence electrons. The summed E-state index contributed by atoms with van der Waals surface area (Å²) in [4.78, 5) is 0. The van der Waals surface area contributed by atoms with Crippen molar-refractivity contribution in [1.29, 1.82) is 0 Å². The molecule has 0 aromatic rings. The molecule has 1 unspecified atom stereocenters. The van der Waals surface area contributed by atoms with E-state index in [1.807, 2.05) is 13.0 Å². The molecule has 0 rings (SSSR count). The predicted octanol–water partition coefficient (Wildman–Crippen LogP) is 1.47. The Labute approximate surface area is 78.6 Å². The predicted molar refractivity (Wildman–Crippen MR) is 51.8 cm³/mol. The van der Waals surface area contributed by atoms with Crippen LogP contribution < -0.4 is 6.15 Å². The summed E-state index contributed by atoms with van der Waals surface area (Å²) in [6, 6.07) is 0. The second-order valence-corrected chi connectivity index (χ2v) is 3.14. The lowest BCUT2D eigenvalue weighted by Gasteiger charge is -2.04. The Morgan fingerprint density at radius 2 is 1.75 bits per heavy atom. The second-order valence-electron chi connectivity index (χ2n) is 2.45. The number of alkyl halides is 1. The monoisotopic (exact) mass is 195 g/mol. The summed E-state index contributed by atoms with van der Waals surface area (Å²) >= 11 is 5.70. The van der Waals surface area contributed by atoms with E-state index in [0.29, 0.717) is 12.8 Å². The van der Waals surface area contributed by atoms with Crippen molar-refractivity contribution < 1.29 is 10.2 Å². The van der Waals surface area contributed by atoms with Crippen LogP contribution in [0.5, 0.6) is 0 Å². The van der Waals surface area contributed by atoms with Crippen LogP contribution in [0.25, 0.3) is 0 Å². The van der Waals surface area contributed by atoms with E-state index >= 15 is 0 Å². The van der Waals surface area contributed by atoms with Gasteiger partial charge in [0, 0.05) is 18.6 Å². The van der Waals surface area contributed by atoms with Crippen molar-refractivity contribution in [3.05, 3.63) is 11.6 Å². The van der Waals surface area contributed by atoms with Gasteiger partial charge in [0.25, 0.3) is 0 Å². The quantitative estimate of drug-likeness (QED) is 0.459. The van der Waals surface area contributed by atoms with E-state index in [1.54, 1.807) is 0 Å². The summed E-state index contributed by atoms with van der Waals surface area (Å²) in [5, 5.41) is 17.2. The molecule has 1 atom stereocenters. The van der Waals surface area contributed by atoms with Gasteiger partial charge in [0.05, 0.1) is 0 Å². The van der Waals surface area contributed by atoms with Gasteiger partial charge in [0.1, 0.15) is 0 Å². The smallest absolute Gasteiger partial charge is 0.0490 e. The van der Waals surface area contributed by atoms with Gasteiger partial charge >= 0.3 is 0 Å². The third kappa shape index (κ3) is 8.01. The average molecular weight is 196 g/mol. The number of halogens is 1. The molecular weight excluding hydrogens is 178 g/mol. The Hall–Kier alpha value is -0.0900. The highest BCUT2D eigenvalue weighted by atomic mass is 35.5. The van der Waals surface area contributed by atoms with Gasteiger partial charge in [-0.25, -0.2) is 0 Å². The standard InChI is InChI=1S/C8H15ClO2.H3N/c1-7(9)6-8(2-4-10)3-5-11;/h6-7,10-11H,2-5H2,1H3;1H3. The minimum absolute atomic E-state index is 0. The van der Waals surface area contributed by atoms with E-state index in [4.69, 9.17) is 21.8 Å². The van der Waals surface area contributed by atoms with E-state index < -0.39 is 0 Å². The van der Waals surface area contributed by atoms with Gasteiger partial charge in [-0.05, 0) is 19.8 Å². The fourth-order valence-corrected chi connectivity index (χ4v) is 1.08. The highest BCUT2D eigenvalue weighted by Gasteiger charge is 1.98. The van der Waals surface area contributed by atoms with E-state index in [1.165, 1.54) is 0 Å². The van der Waals surface area contributed by atoms with Crippen LogP contribution in [0.3, 0.4) is 0 Å². The molecule has 0 aliphatic carbocycles. The van der Waals surface area contributed by atoms with Gasteiger partial charge in [-0.15, -0.1) is 11.6 Å². The maximum atomic E-state index is 8.61. The van der Waals surface area contributed by atoms with Crippen LogP contribution >= 0.6 is 11.6 Å². The highest BCUT2D eigenvalue weighted by molar-refractivity contribution is 6.21. The molecule has 0 saturated heterocycles. The van der Waals surface area contributed by atoms with E-state index in [2.05, 4.69) is 0 Å². The van der Waals surface area contributed by atoms with Crippen molar-refractivity contribution in [3.8, 4) is 0 Å². The van der Waals surface area contributed by atoms with Crippen molar-refractivity contribution in [2.24, 2.45) is 0 Å². The van der Waals surface area contributed by atoms with Crippen molar-refractivity contribution in [3.63, 3.8) is 0 Å². The van der Waals surface area contributed by atoms with Crippen LogP contribution in [0.1, 0.15) is 19.8 Å². The lowest BCUT2D eigenvalue weighted by atomic mass is 10.1. The molecule has 0 radical (unpaired) electrons. The first-order valence-corrected chi connectivity index (χ1v) is 4.19. The van der Waals surface area contributed by atoms with Gasteiger partial charge in [0.15, 0.2) is 0 Å². The van der Waals surface area contributed by atoms with Gasteiger partial charge in [-0.1, -0.05) is 11.6 Å². The molecule has 0 bridgehead atoms. The number of hydrogen-bond donors (Lipinski definition) is 3. The van der Waals surface area contributed by atoms with Crippen LogP contribution in [0.2, 0.25) is 0 Å². The van der Waals surface area contributed by atoms with E-state index in [-0.39, 0.29) is 24.7 Å². The first kappa shape index (κ1) is 14.4. The van der Waals surface area contributed by atoms with E-state index in [0.717, 1.165) is 5.57 Å². The Kier molecular flexibility index (Phi) is 10.8. The lowest BCUT2D eigenvalue weighted by Crippen LogP contribution is -1.96. The van der Waals surface area contributed by atoms with Crippen molar-refractivity contribution in [2.45, 2.75) is 25.1 Å². The SMILES string of the molecule is CC(Cl)C=C(CCO)CCO.N. The summed E-state index contributed by atoms with van der Waals surface area (Å²) in [5.74, 6) is 0. The van der Waals surface area contributed by atoms with Gasteiger partial charge in [-0.2, -0.15) is 0 Å². The molecule has 3 nitrogen and oxygen atoms in total. The highest BCUT2D eigenvalue weighted by Crippen LogP contribution is 2.09. The fourth-order valence-electron chi connectivity index (χ4n) is 0.904. The summed E-state index contributed by atoms with van der Waals surface area (Å²) in [7, 11) is 0. The summed E-state index contributed by atoms with van der Waals surface area (Å²) in [6.07, 6.45) is 3.09. The molecule has 0 fully saturated rings. The molecule has 0 aromatic carbocycles. The van der Waals surface area contributed by atoms with Crippen LogP contribution in [-0.4, -0.2) is 28.8 Å². The molecule has 0 heterocycles. The van der Waals surface area contributed by atoms with Gasteiger partial charge in [-0.3, -0.25) is 0 Å². The maximum absolute atomic E-state index is 8.61. The number of hydrogen-bond acceptors (Lipinski definition) is 3. The summed E-state index contributed by atoms with van der Waals surface area (Å²) in [5.41, 5.74) is 1.03. The fraction of sp³-hybridized carbons (Fsp3) is 0.750. The molecular formula is C8H18ClNO2. The molecule has 12 heavy (non-hydrogen) atoms. The number of aliphatic hydroxyl groups is 2. The first-order chi connectivity index (χ1) is 5.20. The lowest BCUT2D eigenvalue weighted by molar-refractivity contribution is 0.280. The number of rotatable bonds is 5. The topological polar surface area (TPSA) is 75.5 Å². The Morgan fingerprint density at radius 3 is 2.00 bits per heavy atom. The first-order valence-electron chi connectivity index (χ1n) is 3.76. The molecule has 0 spiro atoms. The Balaban J connectivity index is 0. The summed E-state index contributed by atoms with van der Waals surface area (Å²) in [6.45, 7) is 2.10. The zero-order chi connectivity index (χ0) is 8.69. The zero-order valence-electron chi connectivity index (χ0n) is 7.46.